The SMILES string of the molecule is CCOc1ccc2c(c1)C(C)=CC(C)(C)N2C(=O)[C@H](Cl)c1ccccc1. The van der Waals surface area contributed by atoms with Gasteiger partial charge in [-0.15, -0.1) is 11.6 Å². The molecule has 0 spiro atoms. The number of carbonyl (C=O) groups is 1. The Labute approximate surface area is 160 Å². The van der Waals surface area contributed by atoms with Gasteiger partial charge in [-0.25, -0.2) is 0 Å². The Bertz CT molecular complexity index is 842. The van der Waals surface area contributed by atoms with E-state index in [4.69, 9.17) is 16.3 Å². The average Bonchev–Trinajstić information content (AvgIpc) is 2.61. The van der Waals surface area contributed by atoms with E-state index < -0.39 is 10.9 Å². The third-order valence-corrected chi connectivity index (χ3v) is 5.06. The number of hydrogen-bond acceptors (Lipinski definition) is 2. The maximum Gasteiger partial charge on any atom is 0.250 e. The van der Waals surface area contributed by atoms with Crippen molar-refractivity contribution < 1.29 is 9.53 Å². The molecule has 1 heterocycles. The van der Waals surface area contributed by atoms with Crippen LogP contribution >= 0.6 is 11.6 Å². The van der Waals surface area contributed by atoms with Gasteiger partial charge in [-0.3, -0.25) is 4.79 Å². The molecule has 1 aliphatic rings. The molecule has 0 aliphatic carbocycles. The molecule has 1 aliphatic heterocycles. The summed E-state index contributed by atoms with van der Waals surface area (Å²) in [7, 11) is 0. The quantitative estimate of drug-likeness (QED) is 0.657. The van der Waals surface area contributed by atoms with Crippen LogP contribution in [0.2, 0.25) is 0 Å². The predicted molar refractivity (Wildman–Crippen MR) is 108 cm³/mol. The highest BCUT2D eigenvalue weighted by molar-refractivity contribution is 6.33. The topological polar surface area (TPSA) is 29.5 Å². The van der Waals surface area contributed by atoms with Crippen LogP contribution < -0.4 is 9.64 Å². The average molecular weight is 370 g/mol. The summed E-state index contributed by atoms with van der Waals surface area (Å²) in [5.41, 5.74) is 3.32. The van der Waals surface area contributed by atoms with E-state index in [0.29, 0.717) is 6.61 Å². The highest BCUT2D eigenvalue weighted by Gasteiger charge is 2.38. The van der Waals surface area contributed by atoms with E-state index in [1.807, 2.05) is 69.3 Å². The molecule has 0 N–H and O–H groups in total. The van der Waals surface area contributed by atoms with Crippen molar-refractivity contribution in [3.63, 3.8) is 0 Å². The number of allylic oxidation sites excluding steroid dienone is 1. The molecule has 0 aromatic heterocycles. The number of nitrogens with zero attached hydrogens (tertiary/aromatic N) is 1. The number of fused-ring (bicyclic) bond motifs is 1. The molecule has 4 heteroatoms. The summed E-state index contributed by atoms with van der Waals surface area (Å²) < 4.78 is 5.63. The van der Waals surface area contributed by atoms with Crippen molar-refractivity contribution in [3.05, 3.63) is 65.7 Å². The molecule has 26 heavy (non-hydrogen) atoms. The Balaban J connectivity index is 2.05. The van der Waals surface area contributed by atoms with Crippen molar-refractivity contribution in [1.29, 1.82) is 0 Å². The summed E-state index contributed by atoms with van der Waals surface area (Å²) in [4.78, 5) is 15.1. The van der Waals surface area contributed by atoms with Gasteiger partial charge in [0.25, 0.3) is 0 Å². The fourth-order valence-electron chi connectivity index (χ4n) is 3.55. The molecule has 2 aromatic rings. The number of anilines is 1. The van der Waals surface area contributed by atoms with E-state index in [1.54, 1.807) is 4.90 Å². The minimum Gasteiger partial charge on any atom is -0.494 e. The number of alkyl halides is 1. The van der Waals surface area contributed by atoms with Crippen LogP contribution in [-0.4, -0.2) is 18.1 Å². The first-order valence-corrected chi connectivity index (χ1v) is 9.28. The molecule has 3 nitrogen and oxygen atoms in total. The van der Waals surface area contributed by atoms with Crippen LogP contribution in [0.3, 0.4) is 0 Å². The lowest BCUT2D eigenvalue weighted by molar-refractivity contribution is -0.119. The highest BCUT2D eigenvalue weighted by atomic mass is 35.5. The number of hydrogen-bond donors (Lipinski definition) is 0. The first-order valence-electron chi connectivity index (χ1n) is 8.85. The van der Waals surface area contributed by atoms with E-state index in [0.717, 1.165) is 28.1 Å². The van der Waals surface area contributed by atoms with Gasteiger partial charge in [-0.2, -0.15) is 0 Å². The van der Waals surface area contributed by atoms with Crippen molar-refractivity contribution in [2.24, 2.45) is 0 Å². The molecule has 1 atom stereocenters. The minimum atomic E-state index is -0.735. The predicted octanol–water partition coefficient (Wildman–Crippen LogP) is 5.59. The van der Waals surface area contributed by atoms with Crippen LogP contribution in [0.5, 0.6) is 5.75 Å². The van der Waals surface area contributed by atoms with Crippen molar-refractivity contribution in [2.45, 2.75) is 38.6 Å². The van der Waals surface area contributed by atoms with Crippen molar-refractivity contribution >= 4 is 28.8 Å². The Kier molecular flexibility index (Phi) is 5.10. The number of rotatable bonds is 4. The van der Waals surface area contributed by atoms with Crippen LogP contribution in [0.25, 0.3) is 5.57 Å². The van der Waals surface area contributed by atoms with Gasteiger partial charge in [0.05, 0.1) is 17.8 Å². The molecule has 1 amide bonds. The Morgan fingerprint density at radius 2 is 1.88 bits per heavy atom. The lowest BCUT2D eigenvalue weighted by Crippen LogP contribution is -2.50. The van der Waals surface area contributed by atoms with Crippen LogP contribution in [0.1, 0.15) is 44.2 Å². The molecule has 0 radical (unpaired) electrons. The molecule has 0 bridgehead atoms. The Morgan fingerprint density at radius 1 is 1.19 bits per heavy atom. The van der Waals surface area contributed by atoms with Gasteiger partial charge in [-0.05, 0) is 57.0 Å². The molecular formula is C22H24ClNO2. The van der Waals surface area contributed by atoms with Crippen LogP contribution in [-0.2, 0) is 4.79 Å². The highest BCUT2D eigenvalue weighted by Crippen LogP contribution is 2.42. The monoisotopic (exact) mass is 369 g/mol. The van der Waals surface area contributed by atoms with Crippen LogP contribution in [0.15, 0.2) is 54.6 Å². The smallest absolute Gasteiger partial charge is 0.250 e. The summed E-state index contributed by atoms with van der Waals surface area (Å²) in [5, 5.41) is -0.735. The second-order valence-electron chi connectivity index (χ2n) is 7.04. The molecule has 2 aromatic carbocycles. The van der Waals surface area contributed by atoms with Crippen molar-refractivity contribution in [3.8, 4) is 5.75 Å². The largest absolute Gasteiger partial charge is 0.494 e. The van der Waals surface area contributed by atoms with E-state index >= 15 is 0 Å². The van der Waals surface area contributed by atoms with Crippen molar-refractivity contribution in [1.82, 2.24) is 0 Å². The third kappa shape index (κ3) is 3.36. The van der Waals surface area contributed by atoms with Gasteiger partial charge < -0.3 is 9.64 Å². The van der Waals surface area contributed by atoms with Crippen LogP contribution in [0, 0.1) is 0 Å². The summed E-state index contributed by atoms with van der Waals surface area (Å²) in [6.07, 6.45) is 2.11. The zero-order chi connectivity index (χ0) is 18.9. The summed E-state index contributed by atoms with van der Waals surface area (Å²) in [6, 6.07) is 15.3. The molecular weight excluding hydrogens is 346 g/mol. The standard InChI is InChI=1S/C22H24ClNO2/c1-5-26-17-11-12-19-18(13-17)15(2)14-22(3,4)24(19)21(25)20(23)16-9-7-6-8-10-16/h6-14,20H,5H2,1-4H3/t20-/m1/s1. The molecule has 0 unspecified atom stereocenters. The molecule has 3 rings (SSSR count). The van der Waals surface area contributed by atoms with E-state index in [9.17, 15) is 4.79 Å². The van der Waals surface area contributed by atoms with Gasteiger partial charge in [0.15, 0.2) is 0 Å². The van der Waals surface area contributed by atoms with Gasteiger partial charge in [0, 0.05) is 5.56 Å². The maximum absolute atomic E-state index is 13.3. The number of ether oxygens (including phenoxy) is 1. The van der Waals surface area contributed by atoms with E-state index in [1.165, 1.54) is 0 Å². The second kappa shape index (κ2) is 7.16. The minimum absolute atomic E-state index is 0.128. The zero-order valence-electron chi connectivity index (χ0n) is 15.6. The fourth-order valence-corrected chi connectivity index (χ4v) is 3.79. The first-order chi connectivity index (χ1) is 12.3. The number of benzene rings is 2. The van der Waals surface area contributed by atoms with E-state index in [2.05, 4.69) is 13.0 Å². The summed E-state index contributed by atoms with van der Waals surface area (Å²) >= 11 is 6.56. The second-order valence-corrected chi connectivity index (χ2v) is 7.48. The third-order valence-electron chi connectivity index (χ3n) is 4.62. The summed E-state index contributed by atoms with van der Waals surface area (Å²) in [6.45, 7) is 8.69. The Hall–Kier alpha value is -2.26. The molecule has 136 valence electrons. The number of halogens is 1. The van der Waals surface area contributed by atoms with Crippen LogP contribution in [0.4, 0.5) is 5.69 Å². The van der Waals surface area contributed by atoms with Gasteiger partial charge in [-0.1, -0.05) is 36.4 Å². The summed E-state index contributed by atoms with van der Waals surface area (Å²) in [5.74, 6) is 0.675. The van der Waals surface area contributed by atoms with Gasteiger partial charge in [0.1, 0.15) is 11.1 Å². The molecule has 0 fully saturated rings. The first kappa shape index (κ1) is 18.5. The maximum atomic E-state index is 13.3. The zero-order valence-corrected chi connectivity index (χ0v) is 16.4. The molecule has 0 saturated carbocycles. The normalized spacial score (nSPS) is 16.5. The fraction of sp³-hybridized carbons (Fsp3) is 0.318. The Morgan fingerprint density at radius 3 is 2.54 bits per heavy atom. The number of amides is 1. The lowest BCUT2D eigenvalue weighted by atomic mass is 9.88. The van der Waals surface area contributed by atoms with Gasteiger partial charge in [0.2, 0.25) is 5.91 Å². The molecule has 0 saturated heterocycles. The van der Waals surface area contributed by atoms with Gasteiger partial charge >= 0.3 is 0 Å². The van der Waals surface area contributed by atoms with Crippen molar-refractivity contribution in [2.75, 3.05) is 11.5 Å². The number of carbonyl (C=O) groups excluding carboxylic acids is 1. The van der Waals surface area contributed by atoms with E-state index in [-0.39, 0.29) is 5.91 Å². The lowest BCUT2D eigenvalue weighted by Gasteiger charge is -2.42.